The Morgan fingerprint density at radius 3 is 2.25 bits per heavy atom. The number of carbonyl (C=O) groups excluding carboxylic acids is 2. The van der Waals surface area contributed by atoms with Crippen LogP contribution in [0, 0.1) is 6.92 Å². The highest BCUT2D eigenvalue weighted by atomic mass is 16.3. The second-order valence-electron chi connectivity index (χ2n) is 6.76. The Bertz CT molecular complexity index is 1040. The van der Waals surface area contributed by atoms with Gasteiger partial charge < -0.3 is 9.32 Å². The summed E-state index contributed by atoms with van der Waals surface area (Å²) in [5.74, 6) is -0.0834. The van der Waals surface area contributed by atoms with Crippen molar-refractivity contribution in [2.24, 2.45) is 0 Å². The monoisotopic (exact) mass is 372 g/mol. The highest BCUT2D eigenvalue weighted by molar-refractivity contribution is 6.36. The molecule has 0 bridgehead atoms. The highest BCUT2D eigenvalue weighted by Gasteiger charge is 2.41. The van der Waals surface area contributed by atoms with E-state index in [1.807, 2.05) is 61.5 Å². The summed E-state index contributed by atoms with van der Waals surface area (Å²) in [6.45, 7) is 2.09. The van der Waals surface area contributed by atoms with Gasteiger partial charge in [-0.1, -0.05) is 48.0 Å². The van der Waals surface area contributed by atoms with Crippen LogP contribution in [0.2, 0.25) is 0 Å². The smallest absolute Gasteiger partial charge is 0.278 e. The zero-order valence-electron chi connectivity index (χ0n) is 15.8. The molecule has 0 atom stereocenters. The maximum Gasteiger partial charge on any atom is 0.278 e. The molecule has 0 fully saturated rings. The number of nitrogens with zero attached hydrogens (tertiary/aromatic N) is 2. The average Bonchev–Trinajstić information content (AvgIpc) is 3.31. The SMILES string of the molecule is Cc1ccc(C2=C(N(C)c3ccccc3)C(=O)N(Cc3ccco3)C2=O)cc1. The number of imide groups is 1. The molecule has 140 valence electrons. The van der Waals surface area contributed by atoms with Gasteiger partial charge in [-0.15, -0.1) is 0 Å². The number of benzene rings is 2. The number of hydrogen-bond acceptors (Lipinski definition) is 4. The summed E-state index contributed by atoms with van der Waals surface area (Å²) in [6, 6.07) is 20.7. The minimum atomic E-state index is -0.330. The van der Waals surface area contributed by atoms with Gasteiger partial charge in [0, 0.05) is 12.7 Å². The molecule has 0 saturated carbocycles. The zero-order valence-corrected chi connectivity index (χ0v) is 15.8. The van der Waals surface area contributed by atoms with Gasteiger partial charge in [-0.2, -0.15) is 0 Å². The predicted octanol–water partition coefficient (Wildman–Crippen LogP) is 4.00. The van der Waals surface area contributed by atoms with E-state index >= 15 is 0 Å². The van der Waals surface area contributed by atoms with Gasteiger partial charge in [-0.25, -0.2) is 0 Å². The molecule has 0 unspecified atom stereocenters. The van der Waals surface area contributed by atoms with Crippen LogP contribution in [0.1, 0.15) is 16.9 Å². The number of aryl methyl sites for hydroxylation is 1. The summed E-state index contributed by atoms with van der Waals surface area (Å²) in [4.78, 5) is 29.5. The van der Waals surface area contributed by atoms with Crippen LogP contribution in [0.15, 0.2) is 83.1 Å². The van der Waals surface area contributed by atoms with Crippen molar-refractivity contribution in [1.82, 2.24) is 4.90 Å². The van der Waals surface area contributed by atoms with Crippen molar-refractivity contribution in [2.75, 3.05) is 11.9 Å². The van der Waals surface area contributed by atoms with E-state index in [-0.39, 0.29) is 18.4 Å². The fraction of sp³-hybridized carbons (Fsp3) is 0.130. The van der Waals surface area contributed by atoms with Gasteiger partial charge >= 0.3 is 0 Å². The lowest BCUT2D eigenvalue weighted by atomic mass is 10.0. The number of likely N-dealkylation sites (N-methyl/N-ethyl adjacent to an activating group) is 1. The van der Waals surface area contributed by atoms with Gasteiger partial charge in [0.1, 0.15) is 11.5 Å². The third-order valence-corrected chi connectivity index (χ3v) is 4.86. The molecule has 0 N–H and O–H groups in total. The first kappa shape index (κ1) is 17.8. The molecule has 1 aliphatic heterocycles. The third-order valence-electron chi connectivity index (χ3n) is 4.86. The van der Waals surface area contributed by atoms with Crippen LogP contribution in [0.3, 0.4) is 0 Å². The quantitative estimate of drug-likeness (QED) is 0.635. The highest BCUT2D eigenvalue weighted by Crippen LogP contribution is 2.34. The number of para-hydroxylation sites is 1. The van der Waals surface area contributed by atoms with E-state index in [4.69, 9.17) is 4.42 Å². The van der Waals surface area contributed by atoms with Gasteiger partial charge in [-0.3, -0.25) is 14.5 Å². The Hall–Kier alpha value is -3.60. The van der Waals surface area contributed by atoms with E-state index in [0.29, 0.717) is 17.0 Å². The molecular formula is C23H20N2O3. The number of anilines is 1. The summed E-state index contributed by atoms with van der Waals surface area (Å²) >= 11 is 0. The fourth-order valence-corrected chi connectivity index (χ4v) is 3.34. The van der Waals surface area contributed by atoms with E-state index in [2.05, 4.69) is 0 Å². The van der Waals surface area contributed by atoms with Crippen LogP contribution in [0.5, 0.6) is 0 Å². The molecule has 0 saturated heterocycles. The first-order chi connectivity index (χ1) is 13.6. The molecule has 5 heteroatoms. The molecular weight excluding hydrogens is 352 g/mol. The van der Waals surface area contributed by atoms with Gasteiger partial charge in [-0.05, 0) is 36.8 Å². The van der Waals surface area contributed by atoms with Crippen molar-refractivity contribution in [3.63, 3.8) is 0 Å². The number of furan rings is 1. The van der Waals surface area contributed by atoms with E-state index in [1.165, 1.54) is 11.2 Å². The zero-order chi connectivity index (χ0) is 19.7. The molecule has 4 rings (SSSR count). The second-order valence-corrected chi connectivity index (χ2v) is 6.76. The summed E-state index contributed by atoms with van der Waals surface area (Å²) in [7, 11) is 1.81. The van der Waals surface area contributed by atoms with Gasteiger partial charge in [0.05, 0.1) is 18.4 Å². The molecule has 2 aromatic carbocycles. The van der Waals surface area contributed by atoms with Crippen LogP contribution < -0.4 is 4.90 Å². The van der Waals surface area contributed by atoms with Crippen molar-refractivity contribution >= 4 is 23.1 Å². The minimum absolute atomic E-state index is 0.103. The van der Waals surface area contributed by atoms with E-state index in [0.717, 1.165) is 16.8 Å². The summed E-state index contributed by atoms with van der Waals surface area (Å²) in [5, 5.41) is 0. The molecule has 3 aromatic rings. The Morgan fingerprint density at radius 1 is 0.893 bits per heavy atom. The Kier molecular flexibility index (Phi) is 4.57. The molecule has 1 aliphatic rings. The molecule has 0 spiro atoms. The van der Waals surface area contributed by atoms with Crippen LogP contribution in [-0.2, 0) is 16.1 Å². The van der Waals surface area contributed by atoms with E-state index < -0.39 is 0 Å². The van der Waals surface area contributed by atoms with Crippen molar-refractivity contribution in [1.29, 1.82) is 0 Å². The maximum atomic E-state index is 13.3. The lowest BCUT2D eigenvalue weighted by Gasteiger charge is -2.21. The van der Waals surface area contributed by atoms with Crippen molar-refractivity contribution < 1.29 is 14.0 Å². The van der Waals surface area contributed by atoms with Crippen molar-refractivity contribution in [3.8, 4) is 0 Å². The molecule has 5 nitrogen and oxygen atoms in total. The third kappa shape index (κ3) is 3.11. The van der Waals surface area contributed by atoms with Gasteiger partial charge in [0.2, 0.25) is 0 Å². The molecule has 2 amide bonds. The number of hydrogen-bond donors (Lipinski definition) is 0. The Balaban J connectivity index is 1.80. The normalized spacial score (nSPS) is 14.1. The lowest BCUT2D eigenvalue weighted by Crippen LogP contribution is -2.33. The standard InChI is InChI=1S/C23H20N2O3/c1-16-10-12-17(13-11-16)20-21(24(2)18-7-4-3-5-8-18)23(27)25(22(20)26)15-19-9-6-14-28-19/h3-14H,15H2,1-2H3. The first-order valence-electron chi connectivity index (χ1n) is 9.05. The molecule has 2 heterocycles. The van der Waals surface area contributed by atoms with Crippen LogP contribution in [-0.4, -0.2) is 23.8 Å². The molecule has 28 heavy (non-hydrogen) atoms. The second kappa shape index (κ2) is 7.19. The predicted molar refractivity (Wildman–Crippen MR) is 107 cm³/mol. The summed E-state index contributed by atoms with van der Waals surface area (Å²) in [5.41, 5.74) is 3.42. The van der Waals surface area contributed by atoms with E-state index in [9.17, 15) is 9.59 Å². The van der Waals surface area contributed by atoms with Gasteiger partial charge in [0.25, 0.3) is 11.8 Å². The van der Waals surface area contributed by atoms with Crippen molar-refractivity contribution in [3.05, 3.63) is 95.6 Å². The molecule has 1 aromatic heterocycles. The number of rotatable bonds is 5. The molecule has 0 radical (unpaired) electrons. The fourth-order valence-electron chi connectivity index (χ4n) is 3.34. The minimum Gasteiger partial charge on any atom is -0.467 e. The first-order valence-corrected chi connectivity index (χ1v) is 9.05. The summed E-state index contributed by atoms with van der Waals surface area (Å²) < 4.78 is 5.35. The average molecular weight is 372 g/mol. The Morgan fingerprint density at radius 2 is 1.61 bits per heavy atom. The number of amides is 2. The number of carbonyl (C=O) groups is 2. The van der Waals surface area contributed by atoms with Crippen LogP contribution in [0.4, 0.5) is 5.69 Å². The Labute approximate surface area is 163 Å². The topological polar surface area (TPSA) is 53.8 Å². The largest absolute Gasteiger partial charge is 0.467 e. The van der Waals surface area contributed by atoms with Crippen LogP contribution >= 0.6 is 0 Å². The van der Waals surface area contributed by atoms with Crippen LogP contribution in [0.25, 0.3) is 5.57 Å². The molecule has 0 aliphatic carbocycles. The van der Waals surface area contributed by atoms with Gasteiger partial charge in [0.15, 0.2) is 0 Å². The van der Waals surface area contributed by atoms with E-state index in [1.54, 1.807) is 24.1 Å². The maximum absolute atomic E-state index is 13.3. The summed E-state index contributed by atoms with van der Waals surface area (Å²) in [6.07, 6.45) is 1.53. The van der Waals surface area contributed by atoms with Crippen molar-refractivity contribution in [2.45, 2.75) is 13.5 Å². The lowest BCUT2D eigenvalue weighted by molar-refractivity contribution is -0.137.